The van der Waals surface area contributed by atoms with Crippen molar-refractivity contribution in [3.8, 4) is 0 Å². The van der Waals surface area contributed by atoms with Crippen LogP contribution in [0.1, 0.15) is 6.92 Å². The first kappa shape index (κ1) is 8.66. The lowest BCUT2D eigenvalue weighted by molar-refractivity contribution is -0.920. The molecular formula is C7H16NO+. The van der Waals surface area contributed by atoms with Gasteiger partial charge in [0.1, 0.15) is 0 Å². The van der Waals surface area contributed by atoms with Gasteiger partial charge >= 0.3 is 0 Å². The number of hydrogen-bond acceptors (Lipinski definition) is 1. The molecule has 0 radical (unpaired) electrons. The SMILES string of the molecule is C=CC[N+](C)(CC)CO. The Morgan fingerprint density at radius 1 is 1.67 bits per heavy atom. The fourth-order valence-corrected chi connectivity index (χ4v) is 0.599. The summed E-state index contributed by atoms with van der Waals surface area (Å²) >= 11 is 0. The zero-order valence-corrected chi connectivity index (χ0v) is 6.30. The number of hydrogen-bond donors (Lipinski definition) is 1. The van der Waals surface area contributed by atoms with E-state index in [4.69, 9.17) is 5.11 Å². The summed E-state index contributed by atoms with van der Waals surface area (Å²) < 4.78 is 0.670. The highest BCUT2D eigenvalue weighted by atomic mass is 16.3. The summed E-state index contributed by atoms with van der Waals surface area (Å²) in [5, 5.41) is 8.84. The van der Waals surface area contributed by atoms with Gasteiger partial charge in [-0.15, -0.1) is 0 Å². The molecule has 0 aliphatic rings. The van der Waals surface area contributed by atoms with Gasteiger partial charge in [0.15, 0.2) is 6.73 Å². The Hall–Kier alpha value is -0.340. The van der Waals surface area contributed by atoms with E-state index in [9.17, 15) is 0 Å². The molecule has 0 spiro atoms. The van der Waals surface area contributed by atoms with E-state index in [0.29, 0.717) is 4.48 Å². The van der Waals surface area contributed by atoms with Gasteiger partial charge in [-0.2, -0.15) is 0 Å². The van der Waals surface area contributed by atoms with Crippen LogP contribution in [0, 0.1) is 0 Å². The maximum absolute atomic E-state index is 8.84. The summed E-state index contributed by atoms with van der Waals surface area (Å²) in [6.07, 6.45) is 1.83. The molecule has 1 atom stereocenters. The van der Waals surface area contributed by atoms with Gasteiger partial charge < -0.3 is 9.59 Å². The van der Waals surface area contributed by atoms with Crippen LogP contribution in [0.25, 0.3) is 0 Å². The van der Waals surface area contributed by atoms with Gasteiger partial charge in [0.2, 0.25) is 0 Å². The fourth-order valence-electron chi connectivity index (χ4n) is 0.599. The van der Waals surface area contributed by atoms with Crippen molar-refractivity contribution >= 4 is 0 Å². The molecule has 0 aliphatic heterocycles. The molecule has 0 saturated heterocycles. The average Bonchev–Trinajstić information content (AvgIpc) is 1.89. The molecule has 0 amide bonds. The number of rotatable bonds is 4. The predicted octanol–water partition coefficient (Wildman–Crippen LogP) is 0.589. The quantitative estimate of drug-likeness (QED) is 0.335. The standard InChI is InChI=1S/C7H16NO/c1-4-6-8(3,5-2)7-9/h4,9H,1,5-7H2,2-3H3/q+1. The molecule has 0 aliphatic carbocycles. The van der Waals surface area contributed by atoms with E-state index in [1.165, 1.54) is 0 Å². The monoisotopic (exact) mass is 130 g/mol. The highest BCUT2D eigenvalue weighted by Gasteiger charge is 2.13. The molecule has 0 bridgehead atoms. The van der Waals surface area contributed by atoms with Gasteiger partial charge in [0.25, 0.3) is 0 Å². The van der Waals surface area contributed by atoms with Crippen LogP contribution in [0.5, 0.6) is 0 Å². The third kappa shape index (κ3) is 2.63. The minimum atomic E-state index is 0.197. The van der Waals surface area contributed by atoms with Gasteiger partial charge in [-0.1, -0.05) is 6.58 Å². The van der Waals surface area contributed by atoms with Crippen LogP contribution in [0.4, 0.5) is 0 Å². The van der Waals surface area contributed by atoms with Crippen molar-refractivity contribution in [1.29, 1.82) is 0 Å². The van der Waals surface area contributed by atoms with Crippen LogP contribution in [0.2, 0.25) is 0 Å². The maximum Gasteiger partial charge on any atom is 0.180 e. The highest BCUT2D eigenvalue weighted by Crippen LogP contribution is 1.97. The lowest BCUT2D eigenvalue weighted by Crippen LogP contribution is -2.44. The van der Waals surface area contributed by atoms with Crippen LogP contribution < -0.4 is 0 Å². The first-order chi connectivity index (χ1) is 4.18. The zero-order chi connectivity index (χ0) is 7.33. The molecule has 1 unspecified atom stereocenters. The summed E-state index contributed by atoms with van der Waals surface area (Å²) in [4.78, 5) is 0. The molecular weight excluding hydrogens is 114 g/mol. The summed E-state index contributed by atoms with van der Waals surface area (Å²) in [5.41, 5.74) is 0. The van der Waals surface area contributed by atoms with Crippen LogP contribution in [0.3, 0.4) is 0 Å². The molecule has 54 valence electrons. The van der Waals surface area contributed by atoms with Crippen molar-refractivity contribution in [3.05, 3.63) is 12.7 Å². The Kier molecular flexibility index (Phi) is 3.50. The molecule has 0 fully saturated rings. The summed E-state index contributed by atoms with van der Waals surface area (Å²) in [7, 11) is 2.00. The maximum atomic E-state index is 8.84. The molecule has 9 heavy (non-hydrogen) atoms. The largest absolute Gasteiger partial charge is 0.347 e. The Labute approximate surface area is 57.0 Å². The minimum Gasteiger partial charge on any atom is -0.347 e. The molecule has 0 rings (SSSR count). The first-order valence-electron chi connectivity index (χ1n) is 3.24. The normalized spacial score (nSPS) is 16.8. The number of nitrogens with zero attached hydrogens (tertiary/aromatic N) is 1. The van der Waals surface area contributed by atoms with Gasteiger partial charge in [-0.3, -0.25) is 0 Å². The van der Waals surface area contributed by atoms with Crippen LogP contribution in [-0.4, -0.2) is 36.5 Å². The average molecular weight is 130 g/mol. The number of aliphatic hydroxyl groups excluding tert-OH is 1. The molecule has 0 aromatic heterocycles. The van der Waals surface area contributed by atoms with E-state index in [1.807, 2.05) is 13.1 Å². The van der Waals surface area contributed by atoms with Gasteiger partial charge in [-0.05, 0) is 13.0 Å². The second-order valence-corrected chi connectivity index (χ2v) is 2.55. The van der Waals surface area contributed by atoms with Gasteiger partial charge in [0.05, 0.1) is 20.1 Å². The zero-order valence-electron chi connectivity index (χ0n) is 6.30. The molecule has 2 nitrogen and oxygen atoms in total. The third-order valence-electron chi connectivity index (χ3n) is 1.67. The molecule has 0 saturated carbocycles. The van der Waals surface area contributed by atoms with Crippen LogP contribution in [0.15, 0.2) is 12.7 Å². The van der Waals surface area contributed by atoms with E-state index in [-0.39, 0.29) is 6.73 Å². The first-order valence-corrected chi connectivity index (χ1v) is 3.24. The van der Waals surface area contributed by atoms with Crippen molar-refractivity contribution in [2.24, 2.45) is 0 Å². The minimum absolute atomic E-state index is 0.197. The molecule has 0 heterocycles. The third-order valence-corrected chi connectivity index (χ3v) is 1.67. The van der Waals surface area contributed by atoms with Crippen molar-refractivity contribution in [3.63, 3.8) is 0 Å². The van der Waals surface area contributed by atoms with E-state index >= 15 is 0 Å². The van der Waals surface area contributed by atoms with Crippen molar-refractivity contribution in [1.82, 2.24) is 0 Å². The van der Waals surface area contributed by atoms with Crippen molar-refractivity contribution < 1.29 is 9.59 Å². The lowest BCUT2D eigenvalue weighted by Gasteiger charge is -2.29. The second kappa shape index (κ2) is 3.64. The summed E-state index contributed by atoms with van der Waals surface area (Å²) in [5.74, 6) is 0. The van der Waals surface area contributed by atoms with Crippen LogP contribution in [-0.2, 0) is 0 Å². The predicted molar refractivity (Wildman–Crippen MR) is 38.9 cm³/mol. The number of likely N-dealkylation sites (N-methyl/N-ethyl adjacent to an activating group) is 1. The van der Waals surface area contributed by atoms with E-state index in [2.05, 4.69) is 13.5 Å². The molecule has 0 aromatic rings. The summed E-state index contributed by atoms with van der Waals surface area (Å²) in [6, 6.07) is 0. The van der Waals surface area contributed by atoms with Crippen molar-refractivity contribution in [2.45, 2.75) is 6.92 Å². The van der Waals surface area contributed by atoms with E-state index in [1.54, 1.807) is 0 Å². The Morgan fingerprint density at radius 3 is 2.33 bits per heavy atom. The van der Waals surface area contributed by atoms with Crippen molar-refractivity contribution in [2.75, 3.05) is 26.9 Å². The number of aliphatic hydroxyl groups is 1. The highest BCUT2D eigenvalue weighted by molar-refractivity contribution is 4.64. The smallest absolute Gasteiger partial charge is 0.180 e. The molecule has 1 N–H and O–H groups in total. The Balaban J connectivity index is 3.75. The summed E-state index contributed by atoms with van der Waals surface area (Å²) in [6.45, 7) is 7.65. The molecule has 2 heteroatoms. The van der Waals surface area contributed by atoms with E-state index in [0.717, 1.165) is 13.1 Å². The molecule has 0 aromatic carbocycles. The van der Waals surface area contributed by atoms with Crippen LogP contribution >= 0.6 is 0 Å². The Bertz CT molecular complexity index is 86.9. The second-order valence-electron chi connectivity index (χ2n) is 2.55. The van der Waals surface area contributed by atoms with Gasteiger partial charge in [0, 0.05) is 0 Å². The fraction of sp³-hybridized carbons (Fsp3) is 0.714. The topological polar surface area (TPSA) is 20.2 Å². The Morgan fingerprint density at radius 2 is 2.22 bits per heavy atom. The number of quaternary nitrogens is 1. The van der Waals surface area contributed by atoms with Gasteiger partial charge in [-0.25, -0.2) is 0 Å². The van der Waals surface area contributed by atoms with E-state index < -0.39 is 0 Å². The lowest BCUT2D eigenvalue weighted by atomic mass is 10.4.